The minimum Gasteiger partial charge on any atom is -0.316 e. The average Bonchev–Trinajstić information content (AvgIpc) is 2.37. The van der Waals surface area contributed by atoms with Gasteiger partial charge < -0.3 is 9.97 Å². The summed E-state index contributed by atoms with van der Waals surface area (Å²) in [5, 5.41) is 8.93. The maximum atomic E-state index is 11.4. The highest BCUT2D eigenvalue weighted by Crippen LogP contribution is 2.29. The fraction of sp³-hybridized carbons (Fsp3) is 0.111. The minimum atomic E-state index is -0.924. The van der Waals surface area contributed by atoms with E-state index in [0.717, 1.165) is 19.2 Å². The Kier molecular flexibility index (Phi) is 2.83. The zero-order valence-electron chi connectivity index (χ0n) is 9.54. The lowest BCUT2D eigenvalue weighted by molar-refractivity contribution is -0.758. The number of nitrogens with one attached hydrogen (secondary N) is 2. The van der Waals surface area contributed by atoms with Crippen molar-refractivity contribution in [2.45, 2.75) is 0 Å². The molecule has 0 aliphatic heterocycles. The number of fused-ring (bicyclic) bond motifs is 1. The van der Waals surface area contributed by atoms with Crippen LogP contribution in [0.1, 0.15) is 0 Å². The van der Waals surface area contributed by atoms with Gasteiger partial charge in [0, 0.05) is 0 Å². The van der Waals surface area contributed by atoms with E-state index in [0.29, 0.717) is 0 Å². The predicted molar refractivity (Wildman–Crippen MR) is 60.6 cm³/mol. The molecule has 1 aromatic carbocycles. The molecule has 1 aromatic heterocycles. The maximum absolute atomic E-state index is 11.4. The van der Waals surface area contributed by atoms with Gasteiger partial charge in [0.05, 0.1) is 33.0 Å². The molecule has 98 valence electrons. The molecule has 19 heavy (non-hydrogen) atoms. The lowest BCUT2D eigenvalue weighted by Gasteiger charge is -1.96. The Bertz CT molecular complexity index is 804. The lowest BCUT2D eigenvalue weighted by atomic mass is 10.2. The summed E-state index contributed by atoms with van der Waals surface area (Å²) in [5.41, 5.74) is -2.45. The highest BCUT2D eigenvalue weighted by Gasteiger charge is 2.34. The molecule has 0 spiro atoms. The number of aromatic nitrogens is 2. The van der Waals surface area contributed by atoms with E-state index in [1.54, 1.807) is 0 Å². The Morgan fingerprint density at radius 2 is 1.53 bits per heavy atom. The normalized spacial score (nSPS) is 10.4. The Morgan fingerprint density at radius 1 is 1.05 bits per heavy atom. The average molecular weight is 268 g/mol. The standard InChI is InChI=1S/C9H6N4O6/c1-19-13(18)7-3-5-4(2-6(7)12(16)17)10-8(14)9(15)11-5/h2-3H,1H3,(H-2,10,11,14,15,16,17,18)/p+2. The van der Waals surface area contributed by atoms with Crippen LogP contribution in [0.25, 0.3) is 11.0 Å². The van der Waals surface area contributed by atoms with Crippen LogP contribution in [-0.2, 0) is 4.84 Å². The van der Waals surface area contributed by atoms with Crippen LogP contribution in [0.4, 0.5) is 11.4 Å². The van der Waals surface area contributed by atoms with Gasteiger partial charge in [-0.05, 0) is 0 Å². The van der Waals surface area contributed by atoms with Crippen LogP contribution < -0.4 is 11.1 Å². The van der Waals surface area contributed by atoms with Gasteiger partial charge in [-0.1, -0.05) is 0 Å². The number of hydrogen-bond acceptors (Lipinski definition) is 5. The molecule has 2 aromatic rings. The highest BCUT2D eigenvalue weighted by atomic mass is 16.8. The number of nitrogens with zero attached hydrogens (tertiary/aromatic N) is 2. The second kappa shape index (κ2) is 4.33. The number of aromatic amines is 2. The van der Waals surface area contributed by atoms with Gasteiger partial charge in [0.1, 0.15) is 0 Å². The zero-order valence-corrected chi connectivity index (χ0v) is 9.54. The summed E-state index contributed by atoms with van der Waals surface area (Å²) in [6, 6.07) is 2.11. The van der Waals surface area contributed by atoms with Crippen molar-refractivity contribution in [3.63, 3.8) is 0 Å². The molecule has 0 radical (unpaired) electrons. The second-order valence-corrected chi connectivity index (χ2v) is 3.51. The van der Waals surface area contributed by atoms with E-state index in [4.69, 9.17) is 5.21 Å². The summed E-state index contributed by atoms with van der Waals surface area (Å²) in [7, 11) is 1.06. The molecule has 1 heterocycles. The highest BCUT2D eigenvalue weighted by molar-refractivity contribution is 5.81. The van der Waals surface area contributed by atoms with Crippen molar-refractivity contribution in [3.05, 3.63) is 42.7 Å². The van der Waals surface area contributed by atoms with Gasteiger partial charge in [0.2, 0.25) is 0 Å². The molecular formula is C9H8N4O6+2. The first-order valence-electron chi connectivity index (χ1n) is 4.92. The molecule has 0 fully saturated rings. The summed E-state index contributed by atoms with van der Waals surface area (Å²) < 4.78 is 0. The van der Waals surface area contributed by atoms with Gasteiger partial charge in [-0.2, -0.15) is 0 Å². The summed E-state index contributed by atoms with van der Waals surface area (Å²) >= 11 is 0. The molecule has 0 atom stereocenters. The molecule has 0 bridgehead atoms. The molecule has 0 amide bonds. The zero-order chi connectivity index (χ0) is 14.2. The van der Waals surface area contributed by atoms with Crippen LogP contribution in [0, 0.1) is 9.81 Å². The number of H-pyrrole nitrogens is 2. The second-order valence-electron chi connectivity index (χ2n) is 3.51. The quantitative estimate of drug-likeness (QED) is 0.529. The molecule has 0 aliphatic carbocycles. The van der Waals surface area contributed by atoms with E-state index in [-0.39, 0.29) is 21.6 Å². The van der Waals surface area contributed by atoms with Crippen LogP contribution >= 0.6 is 0 Å². The largest absolute Gasteiger partial charge is 0.399 e. The topological polar surface area (TPSA) is 135 Å². The van der Waals surface area contributed by atoms with Crippen molar-refractivity contribution in [1.29, 1.82) is 0 Å². The fourth-order valence-electron chi connectivity index (χ4n) is 1.54. The fourth-order valence-corrected chi connectivity index (χ4v) is 1.54. The van der Waals surface area contributed by atoms with E-state index in [9.17, 15) is 19.4 Å². The summed E-state index contributed by atoms with van der Waals surface area (Å²) in [4.78, 5) is 52.9. The third-order valence-corrected chi connectivity index (χ3v) is 2.39. The molecule has 0 saturated heterocycles. The summed E-state index contributed by atoms with van der Waals surface area (Å²) in [6.45, 7) is 0. The lowest BCUT2D eigenvalue weighted by Crippen LogP contribution is -2.29. The van der Waals surface area contributed by atoms with E-state index in [1.807, 2.05) is 0 Å². The number of rotatable bonds is 3. The monoisotopic (exact) mass is 268 g/mol. The van der Waals surface area contributed by atoms with Gasteiger partial charge in [-0.15, -0.1) is 0 Å². The van der Waals surface area contributed by atoms with E-state index in [1.165, 1.54) is 0 Å². The van der Waals surface area contributed by atoms with Crippen LogP contribution in [0.5, 0.6) is 0 Å². The third kappa shape index (κ3) is 2.06. The predicted octanol–water partition coefficient (Wildman–Crippen LogP) is -0.0122. The first-order valence-corrected chi connectivity index (χ1v) is 4.92. The molecule has 10 heteroatoms. The minimum absolute atomic E-state index is 0.0285. The molecule has 0 aliphatic rings. The number of hydrogen-bond donors (Lipinski definition) is 3. The number of benzene rings is 1. The van der Waals surface area contributed by atoms with E-state index >= 15 is 0 Å². The van der Waals surface area contributed by atoms with Crippen LogP contribution in [0.2, 0.25) is 0 Å². The van der Waals surface area contributed by atoms with Gasteiger partial charge in [0.25, 0.3) is 9.85 Å². The van der Waals surface area contributed by atoms with Crippen molar-refractivity contribution in [2.75, 3.05) is 7.11 Å². The van der Waals surface area contributed by atoms with Crippen molar-refractivity contribution >= 4 is 22.4 Å². The maximum Gasteiger partial charge on any atom is 0.399 e. The van der Waals surface area contributed by atoms with Crippen molar-refractivity contribution in [3.8, 4) is 0 Å². The van der Waals surface area contributed by atoms with Crippen LogP contribution in [0.15, 0.2) is 21.7 Å². The first kappa shape index (κ1) is 12.4. The smallest absolute Gasteiger partial charge is 0.316 e. The molecular weight excluding hydrogens is 260 g/mol. The van der Waals surface area contributed by atoms with Gasteiger partial charge >= 0.3 is 22.5 Å². The summed E-state index contributed by atoms with van der Waals surface area (Å²) in [5.74, 6) is 0. The van der Waals surface area contributed by atoms with Crippen molar-refractivity contribution in [1.82, 2.24) is 9.97 Å². The van der Waals surface area contributed by atoms with Gasteiger partial charge in [-0.3, -0.25) is 9.59 Å². The Labute approximate surface area is 103 Å². The summed E-state index contributed by atoms with van der Waals surface area (Å²) in [6.07, 6.45) is 0. The van der Waals surface area contributed by atoms with Crippen LogP contribution in [0.3, 0.4) is 0 Å². The Hall–Kier alpha value is -3.04. The van der Waals surface area contributed by atoms with Crippen molar-refractivity contribution < 1.29 is 19.9 Å². The Balaban J connectivity index is 2.88. The SMILES string of the molecule is CO[N+](=O)c1cc2[nH]c(=O)c(=O)[nH]c2cc1[N+](=O)O. The first-order chi connectivity index (χ1) is 8.93. The van der Waals surface area contributed by atoms with E-state index in [2.05, 4.69) is 14.8 Å². The molecule has 10 nitrogen and oxygen atoms in total. The molecule has 0 saturated carbocycles. The van der Waals surface area contributed by atoms with Gasteiger partial charge in [0.15, 0.2) is 7.11 Å². The van der Waals surface area contributed by atoms with Crippen LogP contribution in [-0.4, -0.2) is 32.1 Å². The van der Waals surface area contributed by atoms with Crippen molar-refractivity contribution in [2.24, 2.45) is 0 Å². The molecule has 2 rings (SSSR count). The van der Waals surface area contributed by atoms with E-state index < -0.39 is 21.7 Å². The third-order valence-electron chi connectivity index (χ3n) is 2.39. The molecule has 0 unspecified atom stereocenters. The Morgan fingerprint density at radius 3 is 1.95 bits per heavy atom. The van der Waals surface area contributed by atoms with Gasteiger partial charge in [-0.25, -0.2) is 10.0 Å². The molecule has 3 N–H and O–H groups in total.